The lowest BCUT2D eigenvalue weighted by molar-refractivity contribution is -0.135. The number of nitrogens with zero attached hydrogens (tertiary/aromatic N) is 4. The predicted octanol–water partition coefficient (Wildman–Crippen LogP) is 1.82. The van der Waals surface area contributed by atoms with E-state index in [1.807, 2.05) is 9.80 Å². The molecule has 3 rings (SSSR count). The van der Waals surface area contributed by atoms with Crippen molar-refractivity contribution in [2.24, 2.45) is 11.8 Å². The Morgan fingerprint density at radius 1 is 1.07 bits per heavy atom. The van der Waals surface area contributed by atoms with Crippen LogP contribution in [-0.2, 0) is 4.79 Å². The van der Waals surface area contributed by atoms with Crippen LogP contribution in [0.3, 0.4) is 0 Å². The van der Waals surface area contributed by atoms with Crippen molar-refractivity contribution in [3.63, 3.8) is 0 Å². The van der Waals surface area contributed by atoms with Crippen molar-refractivity contribution in [1.82, 2.24) is 14.7 Å². The number of carbonyl (C=O) groups is 2. The van der Waals surface area contributed by atoms with Crippen LogP contribution in [0.5, 0.6) is 0 Å². The number of piperazine rings is 1. The van der Waals surface area contributed by atoms with Crippen LogP contribution in [0, 0.1) is 23.2 Å². The number of amides is 2. The predicted molar refractivity (Wildman–Crippen MR) is 103 cm³/mol. The van der Waals surface area contributed by atoms with Gasteiger partial charge < -0.3 is 9.80 Å². The van der Waals surface area contributed by atoms with E-state index < -0.39 is 0 Å². The van der Waals surface area contributed by atoms with E-state index in [2.05, 4.69) is 24.8 Å². The fraction of sp³-hybridized carbons (Fsp3) is 0.571. The Morgan fingerprint density at radius 2 is 1.74 bits per heavy atom. The number of rotatable bonds is 3. The molecule has 27 heavy (non-hydrogen) atoms. The van der Waals surface area contributed by atoms with Crippen molar-refractivity contribution in [2.45, 2.75) is 20.3 Å². The van der Waals surface area contributed by atoms with E-state index in [4.69, 9.17) is 5.26 Å². The van der Waals surface area contributed by atoms with E-state index in [0.29, 0.717) is 55.7 Å². The third-order valence-corrected chi connectivity index (χ3v) is 5.48. The van der Waals surface area contributed by atoms with Gasteiger partial charge in [0.05, 0.1) is 18.2 Å². The Labute approximate surface area is 161 Å². The lowest BCUT2D eigenvalue weighted by Crippen LogP contribution is -2.53. The Hall–Kier alpha value is -2.39. The monoisotopic (exact) mass is 368 g/mol. The van der Waals surface area contributed by atoms with Crippen LogP contribution in [0.2, 0.25) is 0 Å². The van der Waals surface area contributed by atoms with Gasteiger partial charge in [0.25, 0.3) is 5.91 Å². The van der Waals surface area contributed by atoms with Crippen LogP contribution in [0.25, 0.3) is 0 Å². The molecule has 144 valence electrons. The standard InChI is InChI=1S/C21H28N4O2/c1-16-10-17(2)14-25(13-16)20(26)15-23-6-8-24(9-7-23)21(27)19-5-3-4-18(11-19)12-22/h3-5,11,16-17H,6-10,13-15H2,1-2H3. The average Bonchev–Trinajstić information content (AvgIpc) is 2.67. The van der Waals surface area contributed by atoms with Crippen molar-refractivity contribution in [1.29, 1.82) is 5.26 Å². The van der Waals surface area contributed by atoms with Crippen LogP contribution in [-0.4, -0.2) is 72.3 Å². The molecule has 2 heterocycles. The molecule has 2 fully saturated rings. The summed E-state index contributed by atoms with van der Waals surface area (Å²) < 4.78 is 0. The fourth-order valence-corrected chi connectivity index (χ4v) is 4.17. The summed E-state index contributed by atoms with van der Waals surface area (Å²) in [6, 6.07) is 8.89. The van der Waals surface area contributed by atoms with Crippen molar-refractivity contribution in [3.05, 3.63) is 35.4 Å². The van der Waals surface area contributed by atoms with E-state index in [9.17, 15) is 9.59 Å². The first-order valence-corrected chi connectivity index (χ1v) is 9.76. The number of carbonyl (C=O) groups excluding carboxylic acids is 2. The van der Waals surface area contributed by atoms with Gasteiger partial charge >= 0.3 is 0 Å². The number of piperidine rings is 1. The van der Waals surface area contributed by atoms with Gasteiger partial charge in [0, 0.05) is 44.8 Å². The van der Waals surface area contributed by atoms with Crippen LogP contribution in [0.15, 0.2) is 24.3 Å². The Morgan fingerprint density at radius 3 is 2.37 bits per heavy atom. The lowest BCUT2D eigenvalue weighted by Gasteiger charge is -2.38. The minimum absolute atomic E-state index is 0.0447. The second-order valence-electron chi connectivity index (χ2n) is 8.01. The van der Waals surface area contributed by atoms with Gasteiger partial charge in [0.15, 0.2) is 0 Å². The summed E-state index contributed by atoms with van der Waals surface area (Å²) in [5, 5.41) is 9.00. The third kappa shape index (κ3) is 4.86. The summed E-state index contributed by atoms with van der Waals surface area (Å²) in [5.41, 5.74) is 1.05. The molecule has 0 aromatic heterocycles. The zero-order chi connectivity index (χ0) is 19.4. The summed E-state index contributed by atoms with van der Waals surface area (Å²) in [4.78, 5) is 31.2. The van der Waals surface area contributed by atoms with Crippen LogP contribution in [0.4, 0.5) is 0 Å². The Bertz CT molecular complexity index is 724. The van der Waals surface area contributed by atoms with Crippen molar-refractivity contribution >= 4 is 11.8 Å². The molecule has 0 saturated carbocycles. The number of hydrogen-bond acceptors (Lipinski definition) is 4. The molecule has 1 aromatic carbocycles. The van der Waals surface area contributed by atoms with Gasteiger partial charge in [-0.15, -0.1) is 0 Å². The van der Waals surface area contributed by atoms with Crippen LogP contribution >= 0.6 is 0 Å². The summed E-state index contributed by atoms with van der Waals surface area (Å²) in [6.07, 6.45) is 1.19. The van der Waals surface area contributed by atoms with E-state index in [1.165, 1.54) is 6.42 Å². The number of benzene rings is 1. The van der Waals surface area contributed by atoms with Gasteiger partial charge in [-0.2, -0.15) is 5.26 Å². The molecular formula is C21H28N4O2. The van der Waals surface area contributed by atoms with Gasteiger partial charge in [0.1, 0.15) is 0 Å². The fourth-order valence-electron chi connectivity index (χ4n) is 4.17. The maximum atomic E-state index is 12.6. The Kier molecular flexibility index (Phi) is 6.12. The zero-order valence-corrected chi connectivity index (χ0v) is 16.2. The highest BCUT2D eigenvalue weighted by atomic mass is 16.2. The van der Waals surface area contributed by atoms with E-state index >= 15 is 0 Å². The molecule has 0 aliphatic carbocycles. The molecule has 1 aromatic rings. The van der Waals surface area contributed by atoms with Gasteiger partial charge in [0.2, 0.25) is 5.91 Å². The summed E-state index contributed by atoms with van der Waals surface area (Å²) >= 11 is 0. The van der Waals surface area contributed by atoms with E-state index in [-0.39, 0.29) is 11.8 Å². The maximum absolute atomic E-state index is 12.6. The smallest absolute Gasteiger partial charge is 0.253 e. The van der Waals surface area contributed by atoms with Crippen molar-refractivity contribution in [3.8, 4) is 6.07 Å². The molecule has 0 radical (unpaired) electrons. The van der Waals surface area contributed by atoms with Gasteiger partial charge in [-0.25, -0.2) is 0 Å². The highest BCUT2D eigenvalue weighted by Gasteiger charge is 2.28. The third-order valence-electron chi connectivity index (χ3n) is 5.48. The number of likely N-dealkylation sites (tertiary alicyclic amines) is 1. The lowest BCUT2D eigenvalue weighted by atomic mass is 9.92. The maximum Gasteiger partial charge on any atom is 0.253 e. The molecule has 0 spiro atoms. The molecule has 0 bridgehead atoms. The second kappa shape index (κ2) is 8.53. The average molecular weight is 368 g/mol. The molecule has 2 atom stereocenters. The number of hydrogen-bond donors (Lipinski definition) is 0. The van der Waals surface area contributed by atoms with Crippen molar-refractivity contribution in [2.75, 3.05) is 45.8 Å². The highest BCUT2D eigenvalue weighted by Crippen LogP contribution is 2.21. The first-order chi connectivity index (χ1) is 13.0. The molecule has 2 saturated heterocycles. The quantitative estimate of drug-likeness (QED) is 0.816. The molecule has 6 nitrogen and oxygen atoms in total. The second-order valence-corrected chi connectivity index (χ2v) is 8.01. The minimum atomic E-state index is -0.0447. The summed E-state index contributed by atoms with van der Waals surface area (Å²) in [6.45, 7) is 9.19. The van der Waals surface area contributed by atoms with Crippen LogP contribution < -0.4 is 0 Å². The van der Waals surface area contributed by atoms with E-state index in [1.54, 1.807) is 24.3 Å². The van der Waals surface area contributed by atoms with Gasteiger partial charge in [-0.05, 0) is 36.5 Å². The van der Waals surface area contributed by atoms with Crippen molar-refractivity contribution < 1.29 is 9.59 Å². The molecular weight excluding hydrogens is 340 g/mol. The van der Waals surface area contributed by atoms with E-state index in [0.717, 1.165) is 13.1 Å². The number of nitriles is 1. The molecule has 6 heteroatoms. The highest BCUT2D eigenvalue weighted by molar-refractivity contribution is 5.94. The molecule has 2 aliphatic heterocycles. The first kappa shape index (κ1) is 19.4. The topological polar surface area (TPSA) is 67.7 Å². The van der Waals surface area contributed by atoms with Crippen LogP contribution in [0.1, 0.15) is 36.2 Å². The minimum Gasteiger partial charge on any atom is -0.341 e. The molecule has 2 unspecified atom stereocenters. The zero-order valence-electron chi connectivity index (χ0n) is 16.2. The molecule has 2 aliphatic rings. The largest absolute Gasteiger partial charge is 0.341 e. The normalized spacial score (nSPS) is 23.7. The van der Waals surface area contributed by atoms with Gasteiger partial charge in [-0.1, -0.05) is 19.9 Å². The molecule has 2 amide bonds. The molecule has 0 N–H and O–H groups in total. The Balaban J connectivity index is 1.50. The summed E-state index contributed by atoms with van der Waals surface area (Å²) in [5.74, 6) is 1.29. The SMILES string of the molecule is CC1CC(C)CN(C(=O)CN2CCN(C(=O)c3cccc(C#N)c3)CC2)C1. The van der Waals surface area contributed by atoms with Gasteiger partial charge in [-0.3, -0.25) is 14.5 Å². The first-order valence-electron chi connectivity index (χ1n) is 9.76. The summed E-state index contributed by atoms with van der Waals surface area (Å²) in [7, 11) is 0.